The van der Waals surface area contributed by atoms with Gasteiger partial charge in [0.1, 0.15) is 23.0 Å². The molecule has 1 aromatic heterocycles. The van der Waals surface area contributed by atoms with Gasteiger partial charge in [-0.1, -0.05) is 18.2 Å². The first-order valence-electron chi connectivity index (χ1n) is 9.35. The summed E-state index contributed by atoms with van der Waals surface area (Å²) >= 11 is 0. The van der Waals surface area contributed by atoms with Gasteiger partial charge in [-0.05, 0) is 25.0 Å². The Morgan fingerprint density at radius 3 is 2.53 bits per heavy atom. The van der Waals surface area contributed by atoms with Crippen LogP contribution in [0.15, 0.2) is 42.6 Å². The second kappa shape index (κ2) is 7.70. The summed E-state index contributed by atoms with van der Waals surface area (Å²) in [6, 6.07) is 8.33. The number of nitrogens with one attached hydrogen (secondary N) is 1. The average molecular weight is 414 g/mol. The molecule has 0 spiro atoms. The predicted molar refractivity (Wildman–Crippen MR) is 104 cm³/mol. The minimum absolute atomic E-state index is 0.0623. The summed E-state index contributed by atoms with van der Waals surface area (Å²) in [4.78, 5) is 29.7. The van der Waals surface area contributed by atoms with E-state index in [0.717, 1.165) is 21.4 Å². The van der Waals surface area contributed by atoms with E-state index in [1.54, 1.807) is 6.92 Å². The maximum Gasteiger partial charge on any atom is 0.341 e. The zero-order valence-corrected chi connectivity index (χ0v) is 16.0. The molecular weight excluding hydrogens is 397 g/mol. The number of carbonyl (C=O) groups is 2. The monoisotopic (exact) mass is 414 g/mol. The van der Waals surface area contributed by atoms with Gasteiger partial charge in [0, 0.05) is 35.8 Å². The van der Waals surface area contributed by atoms with Gasteiger partial charge in [-0.15, -0.1) is 0 Å². The highest BCUT2D eigenvalue weighted by molar-refractivity contribution is 6.18. The molecule has 2 heterocycles. The number of aromatic nitrogens is 1. The van der Waals surface area contributed by atoms with E-state index in [1.807, 2.05) is 24.3 Å². The number of hydrogen-bond acceptors (Lipinski definition) is 3. The summed E-state index contributed by atoms with van der Waals surface area (Å²) in [7, 11) is 0. The maximum atomic E-state index is 14.2. The molecule has 3 aromatic rings. The lowest BCUT2D eigenvalue weighted by atomic mass is 10.0. The van der Waals surface area contributed by atoms with Crippen molar-refractivity contribution in [1.82, 2.24) is 9.88 Å². The molecule has 1 N–H and O–H groups in total. The third kappa shape index (κ3) is 3.34. The molecule has 1 amide bonds. The quantitative estimate of drug-likeness (QED) is 0.654. The standard InChI is InChI=1S/C22H17F3N2O3/c1-2-30-22(29)15-11-27(21(28)19-16(24)9-12(23)10-17(19)25)8-7-14-13-5-3-4-6-18(13)26-20(14)15/h3-6,9-11,26H,2,7-8H2,1H3. The Hall–Kier alpha value is -3.55. The number of esters is 1. The number of carbonyl (C=O) groups excluding carboxylic acids is 2. The fourth-order valence-corrected chi connectivity index (χ4v) is 3.62. The number of hydrogen-bond donors (Lipinski definition) is 1. The average Bonchev–Trinajstić information content (AvgIpc) is 2.94. The van der Waals surface area contributed by atoms with Crippen LogP contribution in [0.1, 0.15) is 28.5 Å². The third-order valence-electron chi connectivity index (χ3n) is 4.95. The lowest BCUT2D eigenvalue weighted by molar-refractivity contribution is -0.136. The molecule has 5 nitrogen and oxygen atoms in total. The molecule has 0 atom stereocenters. The van der Waals surface area contributed by atoms with E-state index in [2.05, 4.69) is 4.98 Å². The van der Waals surface area contributed by atoms with Crippen LogP contribution < -0.4 is 0 Å². The highest BCUT2D eigenvalue weighted by atomic mass is 19.1. The summed E-state index contributed by atoms with van der Waals surface area (Å²) in [5.41, 5.74) is 1.28. The van der Waals surface area contributed by atoms with Crippen molar-refractivity contribution in [1.29, 1.82) is 0 Å². The van der Waals surface area contributed by atoms with Gasteiger partial charge in [-0.2, -0.15) is 0 Å². The summed E-state index contributed by atoms with van der Waals surface area (Å²) in [5, 5.41) is 0.871. The number of amides is 1. The summed E-state index contributed by atoms with van der Waals surface area (Å²) in [6.07, 6.45) is 1.55. The van der Waals surface area contributed by atoms with Crippen LogP contribution in [-0.2, 0) is 16.0 Å². The van der Waals surface area contributed by atoms with Crippen molar-refractivity contribution in [2.24, 2.45) is 0 Å². The fraction of sp³-hybridized carbons (Fsp3) is 0.182. The Bertz CT molecular complexity index is 1180. The molecule has 2 aromatic carbocycles. The molecule has 0 saturated carbocycles. The number of H-pyrrole nitrogens is 1. The van der Waals surface area contributed by atoms with E-state index in [9.17, 15) is 22.8 Å². The first-order valence-corrected chi connectivity index (χ1v) is 9.35. The van der Waals surface area contributed by atoms with Crippen molar-refractivity contribution in [3.63, 3.8) is 0 Å². The van der Waals surface area contributed by atoms with Gasteiger partial charge in [0.05, 0.1) is 17.9 Å². The van der Waals surface area contributed by atoms with E-state index in [1.165, 1.54) is 6.20 Å². The Labute approximate surface area is 169 Å². The fourth-order valence-electron chi connectivity index (χ4n) is 3.62. The zero-order valence-electron chi connectivity index (χ0n) is 16.0. The Morgan fingerprint density at radius 2 is 1.83 bits per heavy atom. The van der Waals surface area contributed by atoms with Crippen molar-refractivity contribution >= 4 is 28.4 Å². The SMILES string of the molecule is CCOC(=O)C1=CN(C(=O)c2c(F)cc(F)cc2F)CCc2c1[nH]c1ccccc21. The molecule has 4 rings (SSSR count). The molecule has 0 aliphatic carbocycles. The van der Waals surface area contributed by atoms with Crippen LogP contribution in [0.5, 0.6) is 0 Å². The van der Waals surface area contributed by atoms with E-state index in [-0.39, 0.29) is 18.7 Å². The van der Waals surface area contributed by atoms with E-state index in [0.29, 0.717) is 24.2 Å². The van der Waals surface area contributed by atoms with E-state index in [4.69, 9.17) is 4.74 Å². The lowest BCUT2D eigenvalue weighted by Crippen LogP contribution is -2.29. The highest BCUT2D eigenvalue weighted by Crippen LogP contribution is 2.32. The van der Waals surface area contributed by atoms with Crippen LogP contribution in [0.3, 0.4) is 0 Å². The molecule has 1 aliphatic heterocycles. The van der Waals surface area contributed by atoms with Crippen LogP contribution in [0.4, 0.5) is 13.2 Å². The number of halogens is 3. The topological polar surface area (TPSA) is 62.4 Å². The van der Waals surface area contributed by atoms with Gasteiger partial charge in [0.2, 0.25) is 0 Å². The first-order chi connectivity index (χ1) is 14.4. The summed E-state index contributed by atoms with van der Waals surface area (Å²) in [5.74, 6) is -5.43. The molecule has 0 bridgehead atoms. The molecule has 154 valence electrons. The number of aromatic amines is 1. The van der Waals surface area contributed by atoms with E-state index >= 15 is 0 Å². The van der Waals surface area contributed by atoms with Crippen LogP contribution in [0.25, 0.3) is 16.5 Å². The van der Waals surface area contributed by atoms with Crippen LogP contribution in [0.2, 0.25) is 0 Å². The molecule has 1 aliphatic rings. The smallest absolute Gasteiger partial charge is 0.341 e. The maximum absolute atomic E-state index is 14.2. The zero-order chi connectivity index (χ0) is 21.4. The van der Waals surface area contributed by atoms with Gasteiger partial charge < -0.3 is 14.6 Å². The largest absolute Gasteiger partial charge is 0.462 e. The molecule has 0 unspecified atom stereocenters. The van der Waals surface area contributed by atoms with Crippen molar-refractivity contribution in [3.8, 4) is 0 Å². The Balaban J connectivity index is 1.82. The minimum atomic E-state index is -1.31. The first kappa shape index (κ1) is 19.8. The normalized spacial score (nSPS) is 13.6. The number of para-hydroxylation sites is 1. The summed E-state index contributed by atoms with van der Waals surface area (Å²) < 4.78 is 46.7. The van der Waals surface area contributed by atoms with E-state index < -0.39 is 34.9 Å². The minimum Gasteiger partial charge on any atom is -0.462 e. The lowest BCUT2D eigenvalue weighted by Gasteiger charge is -2.18. The number of fused-ring (bicyclic) bond motifs is 3. The summed E-state index contributed by atoms with van der Waals surface area (Å²) in [6.45, 7) is 1.82. The molecule has 30 heavy (non-hydrogen) atoms. The predicted octanol–water partition coefficient (Wildman–Crippen LogP) is 4.19. The van der Waals surface area contributed by atoms with Gasteiger partial charge in [-0.25, -0.2) is 18.0 Å². The van der Waals surface area contributed by atoms with Crippen LogP contribution >= 0.6 is 0 Å². The second-order valence-corrected chi connectivity index (χ2v) is 6.78. The molecule has 0 fully saturated rings. The molecule has 0 saturated heterocycles. The van der Waals surface area contributed by atoms with Crippen molar-refractivity contribution in [2.75, 3.05) is 13.2 Å². The number of rotatable bonds is 3. The van der Waals surface area contributed by atoms with Crippen molar-refractivity contribution in [2.45, 2.75) is 13.3 Å². The molecule has 8 heteroatoms. The Kier molecular flexibility index (Phi) is 5.07. The van der Waals surface area contributed by atoms with Gasteiger partial charge in [-0.3, -0.25) is 4.79 Å². The van der Waals surface area contributed by atoms with Crippen LogP contribution in [-0.4, -0.2) is 34.9 Å². The van der Waals surface area contributed by atoms with Gasteiger partial charge in [0.15, 0.2) is 0 Å². The number of ether oxygens (including phenoxy) is 1. The Morgan fingerprint density at radius 1 is 1.13 bits per heavy atom. The second-order valence-electron chi connectivity index (χ2n) is 6.78. The molecular formula is C22H17F3N2O3. The number of nitrogens with zero attached hydrogens (tertiary/aromatic N) is 1. The van der Waals surface area contributed by atoms with Crippen LogP contribution in [0, 0.1) is 17.5 Å². The highest BCUT2D eigenvalue weighted by Gasteiger charge is 2.30. The van der Waals surface area contributed by atoms with Gasteiger partial charge >= 0.3 is 5.97 Å². The molecule has 0 radical (unpaired) electrons. The van der Waals surface area contributed by atoms with Crippen molar-refractivity contribution in [3.05, 3.63) is 76.9 Å². The van der Waals surface area contributed by atoms with Crippen molar-refractivity contribution < 1.29 is 27.5 Å². The number of benzene rings is 2. The van der Waals surface area contributed by atoms with Gasteiger partial charge in [0.25, 0.3) is 5.91 Å². The third-order valence-corrected chi connectivity index (χ3v) is 4.95.